The summed E-state index contributed by atoms with van der Waals surface area (Å²) in [5.41, 5.74) is 1.29. The first kappa shape index (κ1) is 7.54. The molecule has 1 unspecified atom stereocenters. The molecule has 1 aromatic rings. The van der Waals surface area contributed by atoms with Crippen LogP contribution in [0.5, 0.6) is 0 Å². The van der Waals surface area contributed by atoms with Crippen molar-refractivity contribution in [3.63, 3.8) is 0 Å². The lowest BCUT2D eigenvalue weighted by atomic mass is 9.96. The van der Waals surface area contributed by atoms with Gasteiger partial charge >= 0.3 is 0 Å². The van der Waals surface area contributed by atoms with Crippen LogP contribution in [-0.2, 0) is 10.6 Å². The molecule has 0 aliphatic carbocycles. The third-order valence-corrected chi connectivity index (χ3v) is 2.98. The van der Waals surface area contributed by atoms with Gasteiger partial charge in [0.1, 0.15) is 0 Å². The normalized spacial score (nSPS) is 36.8. The molecule has 0 radical (unpaired) electrons. The predicted octanol–water partition coefficient (Wildman–Crippen LogP) is 2.27. The molecule has 2 aliphatic rings. The van der Waals surface area contributed by atoms with Gasteiger partial charge in [-0.25, -0.2) is 0 Å². The molecule has 2 atom stereocenters. The Bertz CT molecular complexity index is 311. The summed E-state index contributed by atoms with van der Waals surface area (Å²) in [7, 11) is 0. The smallest absolute Gasteiger partial charge is 0.190 e. The molecule has 0 aromatic heterocycles. The van der Waals surface area contributed by atoms with E-state index in [1.807, 2.05) is 0 Å². The third-order valence-electron chi connectivity index (χ3n) is 2.98. The van der Waals surface area contributed by atoms with Crippen LogP contribution in [0.1, 0.15) is 24.8 Å². The molecule has 0 N–H and O–H groups in total. The maximum Gasteiger partial charge on any atom is 0.190 e. The van der Waals surface area contributed by atoms with Gasteiger partial charge in [-0.05, 0) is 19.3 Å². The number of nitrogens with zero attached hydrogens (tertiary/aromatic N) is 1. The highest BCUT2D eigenvalue weighted by Crippen LogP contribution is 2.51. The predicted molar refractivity (Wildman–Crippen MR) is 49.8 cm³/mol. The van der Waals surface area contributed by atoms with E-state index in [0.29, 0.717) is 0 Å². The first-order chi connectivity index (χ1) is 6.42. The van der Waals surface area contributed by atoms with Crippen molar-refractivity contribution in [2.45, 2.75) is 25.0 Å². The van der Waals surface area contributed by atoms with Gasteiger partial charge in [-0.1, -0.05) is 30.3 Å². The molecule has 2 saturated heterocycles. The van der Waals surface area contributed by atoms with Crippen LogP contribution in [0, 0.1) is 0 Å². The van der Waals surface area contributed by atoms with E-state index >= 15 is 0 Å². The Morgan fingerprint density at radius 1 is 1.15 bits per heavy atom. The van der Waals surface area contributed by atoms with Crippen LogP contribution < -0.4 is 0 Å². The zero-order valence-corrected chi connectivity index (χ0v) is 7.57. The van der Waals surface area contributed by atoms with E-state index in [1.54, 1.807) is 0 Å². The van der Waals surface area contributed by atoms with Gasteiger partial charge in [-0.15, -0.1) is 5.06 Å². The minimum Gasteiger partial charge on any atom is -0.266 e. The summed E-state index contributed by atoms with van der Waals surface area (Å²) in [4.78, 5) is 5.68. The summed E-state index contributed by atoms with van der Waals surface area (Å²) in [6.45, 7) is 1.09. The second kappa shape index (κ2) is 2.56. The van der Waals surface area contributed by atoms with Crippen LogP contribution in [0.25, 0.3) is 0 Å². The maximum atomic E-state index is 5.68. The molecule has 0 spiro atoms. The van der Waals surface area contributed by atoms with Crippen LogP contribution in [0.15, 0.2) is 30.3 Å². The summed E-state index contributed by atoms with van der Waals surface area (Å²) in [6.07, 6.45) is 3.71. The summed E-state index contributed by atoms with van der Waals surface area (Å²) < 4.78 is 0. The van der Waals surface area contributed by atoms with Gasteiger partial charge < -0.3 is 0 Å². The van der Waals surface area contributed by atoms with E-state index in [4.69, 9.17) is 4.84 Å². The monoisotopic (exact) mass is 175 g/mol. The Hall–Kier alpha value is -0.860. The van der Waals surface area contributed by atoms with Gasteiger partial charge in [-0.2, -0.15) is 0 Å². The molecule has 2 nitrogen and oxygen atoms in total. The number of piperidine rings is 1. The Labute approximate surface area is 78.1 Å². The molecule has 2 fully saturated rings. The average Bonchev–Trinajstić information content (AvgIpc) is 2.94. The van der Waals surface area contributed by atoms with Gasteiger partial charge in [0.2, 0.25) is 0 Å². The van der Waals surface area contributed by atoms with E-state index in [-0.39, 0.29) is 5.72 Å². The second-order valence-electron chi connectivity index (χ2n) is 3.80. The number of hydroxylamine groups is 2. The van der Waals surface area contributed by atoms with Crippen molar-refractivity contribution in [2.24, 2.45) is 0 Å². The Kier molecular flexibility index (Phi) is 1.49. The highest BCUT2D eigenvalue weighted by Gasteiger charge is 2.57. The SMILES string of the molecule is c1ccc([C@]23CCCCN2O3)cc1. The zero-order valence-electron chi connectivity index (χ0n) is 7.57. The zero-order chi connectivity index (χ0) is 8.73. The van der Waals surface area contributed by atoms with Crippen LogP contribution >= 0.6 is 0 Å². The molecule has 2 aliphatic heterocycles. The molecule has 1 aromatic carbocycles. The lowest BCUT2D eigenvalue weighted by molar-refractivity contribution is 0.198. The summed E-state index contributed by atoms with van der Waals surface area (Å²) in [5.74, 6) is 0. The van der Waals surface area contributed by atoms with Crippen LogP contribution in [0.3, 0.4) is 0 Å². The molecular formula is C11H13NO. The summed E-state index contributed by atoms with van der Waals surface area (Å²) in [6, 6.07) is 10.5. The number of hydrogen-bond donors (Lipinski definition) is 0. The van der Waals surface area contributed by atoms with Crippen molar-refractivity contribution in [1.82, 2.24) is 5.06 Å². The minimum atomic E-state index is -0.0283. The van der Waals surface area contributed by atoms with E-state index in [0.717, 1.165) is 13.0 Å². The Morgan fingerprint density at radius 3 is 2.77 bits per heavy atom. The highest BCUT2D eigenvalue weighted by molar-refractivity contribution is 5.25. The van der Waals surface area contributed by atoms with Gasteiger partial charge in [0.05, 0.1) is 0 Å². The molecule has 0 amide bonds. The third kappa shape index (κ3) is 1.02. The average molecular weight is 175 g/mol. The van der Waals surface area contributed by atoms with Gasteiger partial charge in [-0.3, -0.25) is 4.84 Å². The Balaban J connectivity index is 1.94. The second-order valence-corrected chi connectivity index (χ2v) is 3.80. The molecule has 2 heteroatoms. The van der Waals surface area contributed by atoms with E-state index < -0.39 is 0 Å². The molecular weight excluding hydrogens is 162 g/mol. The van der Waals surface area contributed by atoms with E-state index in [2.05, 4.69) is 35.4 Å². The van der Waals surface area contributed by atoms with Gasteiger partial charge in [0, 0.05) is 12.1 Å². The van der Waals surface area contributed by atoms with Crippen LogP contribution in [0.2, 0.25) is 0 Å². The van der Waals surface area contributed by atoms with Crippen molar-refractivity contribution >= 4 is 0 Å². The molecule has 0 saturated carbocycles. The first-order valence-electron chi connectivity index (χ1n) is 4.94. The van der Waals surface area contributed by atoms with Gasteiger partial charge in [0.15, 0.2) is 5.72 Å². The standard InChI is InChI=1S/C11H13NO/c1-2-6-10(7-3-1)11-8-4-5-9-12(11)13-11/h1-3,6-7H,4-5,8-9H2/t11-,12?/m1/s1. The molecule has 68 valence electrons. The van der Waals surface area contributed by atoms with Crippen molar-refractivity contribution in [3.05, 3.63) is 35.9 Å². The summed E-state index contributed by atoms with van der Waals surface area (Å²) >= 11 is 0. The van der Waals surface area contributed by atoms with Crippen molar-refractivity contribution in [2.75, 3.05) is 6.54 Å². The maximum absolute atomic E-state index is 5.68. The van der Waals surface area contributed by atoms with Crippen molar-refractivity contribution in [3.8, 4) is 0 Å². The quantitative estimate of drug-likeness (QED) is 0.608. The highest BCUT2D eigenvalue weighted by atomic mass is 16.9. The fourth-order valence-electron chi connectivity index (χ4n) is 2.22. The van der Waals surface area contributed by atoms with E-state index in [1.165, 1.54) is 18.4 Å². The fourth-order valence-corrected chi connectivity index (χ4v) is 2.22. The minimum absolute atomic E-state index is 0.0283. The molecule has 0 bridgehead atoms. The number of hydrogen-bond acceptors (Lipinski definition) is 2. The lowest BCUT2D eigenvalue weighted by Gasteiger charge is -2.16. The fraction of sp³-hybridized carbons (Fsp3) is 0.455. The molecule has 2 heterocycles. The lowest BCUT2D eigenvalue weighted by Crippen LogP contribution is -2.21. The largest absolute Gasteiger partial charge is 0.266 e. The molecule has 13 heavy (non-hydrogen) atoms. The van der Waals surface area contributed by atoms with Crippen molar-refractivity contribution < 1.29 is 4.84 Å². The van der Waals surface area contributed by atoms with Crippen LogP contribution in [-0.4, -0.2) is 11.6 Å². The topological polar surface area (TPSA) is 15.5 Å². The number of benzene rings is 1. The first-order valence-corrected chi connectivity index (χ1v) is 4.94. The van der Waals surface area contributed by atoms with Crippen LogP contribution in [0.4, 0.5) is 0 Å². The van der Waals surface area contributed by atoms with Crippen molar-refractivity contribution in [1.29, 1.82) is 0 Å². The number of fused-ring (bicyclic) bond motifs is 1. The molecule has 3 rings (SSSR count). The Morgan fingerprint density at radius 2 is 2.00 bits per heavy atom. The summed E-state index contributed by atoms with van der Waals surface area (Å²) in [5, 5.41) is 2.12. The van der Waals surface area contributed by atoms with Gasteiger partial charge in [0.25, 0.3) is 0 Å². The number of rotatable bonds is 1. The van der Waals surface area contributed by atoms with E-state index in [9.17, 15) is 0 Å².